The molecule has 0 spiro atoms. The molecule has 1 atom stereocenters. The maximum Gasteiger partial charge on any atom is 0.290 e. The largest absolute Gasteiger partial charge is 0.503 e. The summed E-state index contributed by atoms with van der Waals surface area (Å²) in [7, 11) is 7.88. The van der Waals surface area contributed by atoms with Gasteiger partial charge in [-0.1, -0.05) is 26.0 Å². The quantitative estimate of drug-likeness (QED) is 0.759. The molecule has 1 amide bonds. The Bertz CT molecular complexity index is 721. The van der Waals surface area contributed by atoms with Gasteiger partial charge in [-0.05, 0) is 44.8 Å². The molecule has 0 saturated carbocycles. The number of Topliss-reactive ketones (excluding diaryl/α,β-unsaturated/α-hetero) is 1. The fourth-order valence-corrected chi connectivity index (χ4v) is 3.31. The van der Waals surface area contributed by atoms with Crippen molar-refractivity contribution in [1.82, 2.24) is 9.80 Å². The minimum atomic E-state index is -0.536. The van der Waals surface area contributed by atoms with Crippen LogP contribution in [0.3, 0.4) is 0 Å². The van der Waals surface area contributed by atoms with Crippen LogP contribution in [0.4, 0.5) is 5.69 Å². The fraction of sp³-hybridized carbons (Fsp3) is 0.524. The summed E-state index contributed by atoms with van der Waals surface area (Å²) in [6.45, 7) is 4.88. The predicted molar refractivity (Wildman–Crippen MR) is 108 cm³/mol. The van der Waals surface area contributed by atoms with Gasteiger partial charge in [0.15, 0.2) is 11.5 Å². The lowest BCUT2D eigenvalue weighted by molar-refractivity contribution is -0.129. The van der Waals surface area contributed by atoms with Gasteiger partial charge >= 0.3 is 0 Å². The van der Waals surface area contributed by atoms with Crippen LogP contribution in [0.15, 0.2) is 35.6 Å². The van der Waals surface area contributed by atoms with E-state index in [2.05, 4.69) is 4.90 Å². The summed E-state index contributed by atoms with van der Waals surface area (Å²) in [6, 6.07) is 7.25. The second-order valence-electron chi connectivity index (χ2n) is 7.83. The van der Waals surface area contributed by atoms with E-state index < -0.39 is 17.7 Å². The lowest BCUT2D eigenvalue weighted by Crippen LogP contribution is -2.33. The lowest BCUT2D eigenvalue weighted by Gasteiger charge is -2.28. The lowest BCUT2D eigenvalue weighted by atomic mass is 9.91. The molecule has 1 aliphatic rings. The Hall–Kier alpha value is -2.34. The summed E-state index contributed by atoms with van der Waals surface area (Å²) in [5, 5.41) is 10.5. The molecule has 0 aromatic heterocycles. The summed E-state index contributed by atoms with van der Waals surface area (Å²) >= 11 is 0. The van der Waals surface area contributed by atoms with Crippen LogP contribution in [-0.2, 0) is 9.59 Å². The Labute approximate surface area is 162 Å². The van der Waals surface area contributed by atoms with Crippen LogP contribution in [0.25, 0.3) is 0 Å². The molecule has 1 aromatic carbocycles. The minimum absolute atomic E-state index is 0.183. The molecule has 2 rings (SSSR count). The Kier molecular flexibility index (Phi) is 6.65. The average molecular weight is 373 g/mol. The normalized spacial score (nSPS) is 17.4. The van der Waals surface area contributed by atoms with Crippen molar-refractivity contribution in [3.05, 3.63) is 41.2 Å². The van der Waals surface area contributed by atoms with Crippen molar-refractivity contribution in [1.29, 1.82) is 0 Å². The molecule has 27 heavy (non-hydrogen) atoms. The van der Waals surface area contributed by atoms with Crippen LogP contribution in [0.2, 0.25) is 0 Å². The topological polar surface area (TPSA) is 64.1 Å². The Morgan fingerprint density at radius 2 is 1.74 bits per heavy atom. The molecule has 0 radical (unpaired) electrons. The van der Waals surface area contributed by atoms with Gasteiger partial charge in [0.25, 0.3) is 5.91 Å². The van der Waals surface area contributed by atoms with E-state index in [1.807, 2.05) is 57.4 Å². The molecule has 0 aliphatic carbocycles. The van der Waals surface area contributed by atoms with E-state index in [-0.39, 0.29) is 17.3 Å². The Morgan fingerprint density at radius 1 is 1.15 bits per heavy atom. The number of anilines is 1. The number of amides is 1. The highest BCUT2D eigenvalue weighted by Crippen LogP contribution is 2.39. The van der Waals surface area contributed by atoms with Gasteiger partial charge in [0.05, 0.1) is 11.6 Å². The fourth-order valence-electron chi connectivity index (χ4n) is 3.31. The summed E-state index contributed by atoms with van der Waals surface area (Å²) in [5.41, 5.74) is 2.09. The molecule has 6 nitrogen and oxygen atoms in total. The molecule has 0 saturated heterocycles. The first-order valence-electron chi connectivity index (χ1n) is 9.35. The standard InChI is InChI=1S/C21H31N3O3/c1-14(2)19(25)17-18(15-8-10-16(11-9-15)23(5)6)24(21(27)20(17)26)13-7-12-22(3)4/h8-11,14,18,26H,7,12-13H2,1-6H3. The second kappa shape index (κ2) is 8.57. The molecule has 0 fully saturated rings. The first-order chi connectivity index (χ1) is 12.6. The van der Waals surface area contributed by atoms with Crippen LogP contribution in [0, 0.1) is 5.92 Å². The van der Waals surface area contributed by atoms with Gasteiger partial charge in [-0.25, -0.2) is 0 Å². The van der Waals surface area contributed by atoms with E-state index in [1.165, 1.54) is 0 Å². The van der Waals surface area contributed by atoms with Gasteiger partial charge in [0.2, 0.25) is 0 Å². The molecular weight excluding hydrogens is 342 g/mol. The molecule has 0 bridgehead atoms. The summed E-state index contributed by atoms with van der Waals surface area (Å²) < 4.78 is 0. The monoisotopic (exact) mass is 373 g/mol. The maximum absolute atomic E-state index is 12.8. The number of hydrogen-bond donors (Lipinski definition) is 1. The number of rotatable bonds is 8. The van der Waals surface area contributed by atoms with Gasteiger partial charge in [-0.15, -0.1) is 0 Å². The van der Waals surface area contributed by atoms with Gasteiger partial charge in [-0.2, -0.15) is 0 Å². The summed E-state index contributed by atoms with van der Waals surface area (Å²) in [6.07, 6.45) is 0.765. The average Bonchev–Trinajstić information content (AvgIpc) is 2.85. The number of aliphatic hydroxyl groups excluding tert-OH is 1. The Morgan fingerprint density at radius 3 is 2.22 bits per heavy atom. The third-order valence-electron chi connectivity index (χ3n) is 4.82. The Balaban J connectivity index is 2.42. The van der Waals surface area contributed by atoms with Gasteiger partial charge in [-0.3, -0.25) is 9.59 Å². The minimum Gasteiger partial charge on any atom is -0.503 e. The predicted octanol–water partition coefficient (Wildman–Crippen LogP) is 2.62. The molecule has 1 unspecified atom stereocenters. The van der Waals surface area contributed by atoms with Crippen molar-refractivity contribution in [3.63, 3.8) is 0 Å². The molecule has 1 aliphatic heterocycles. The number of hydrogen-bond acceptors (Lipinski definition) is 5. The first kappa shape index (κ1) is 21.0. The van der Waals surface area contributed by atoms with Crippen molar-refractivity contribution in [2.75, 3.05) is 46.2 Å². The summed E-state index contributed by atoms with van der Waals surface area (Å²) in [4.78, 5) is 31.2. The van der Waals surface area contributed by atoms with Crippen molar-refractivity contribution >= 4 is 17.4 Å². The van der Waals surface area contributed by atoms with E-state index in [0.29, 0.717) is 6.54 Å². The maximum atomic E-state index is 12.8. The van der Waals surface area contributed by atoms with E-state index in [4.69, 9.17) is 0 Å². The van der Waals surface area contributed by atoms with Crippen molar-refractivity contribution in [3.8, 4) is 0 Å². The third kappa shape index (κ3) is 4.50. The molecule has 1 N–H and O–H groups in total. The summed E-state index contributed by atoms with van der Waals surface area (Å²) in [5.74, 6) is -1.34. The van der Waals surface area contributed by atoms with E-state index in [9.17, 15) is 14.7 Å². The number of aliphatic hydroxyl groups is 1. The first-order valence-corrected chi connectivity index (χ1v) is 9.35. The van der Waals surface area contributed by atoms with Crippen molar-refractivity contribution in [2.24, 2.45) is 5.92 Å². The highest BCUT2D eigenvalue weighted by molar-refractivity contribution is 6.09. The van der Waals surface area contributed by atoms with E-state index >= 15 is 0 Å². The SMILES string of the molecule is CC(C)C(=O)C1=C(O)C(=O)N(CCCN(C)C)C1c1ccc(N(C)C)cc1. The number of carbonyl (C=O) groups excluding carboxylic acids is 2. The smallest absolute Gasteiger partial charge is 0.290 e. The van der Waals surface area contributed by atoms with E-state index in [1.54, 1.807) is 18.7 Å². The molecule has 6 heteroatoms. The van der Waals surface area contributed by atoms with Crippen LogP contribution >= 0.6 is 0 Å². The number of carbonyl (C=O) groups is 2. The number of benzene rings is 1. The van der Waals surface area contributed by atoms with Crippen molar-refractivity contribution < 1.29 is 14.7 Å². The molecule has 1 aromatic rings. The zero-order chi connectivity index (χ0) is 20.3. The zero-order valence-electron chi connectivity index (χ0n) is 17.2. The molecule has 148 valence electrons. The highest BCUT2D eigenvalue weighted by Gasteiger charge is 2.43. The van der Waals surface area contributed by atoms with Crippen LogP contribution in [0.5, 0.6) is 0 Å². The van der Waals surface area contributed by atoms with Crippen molar-refractivity contribution in [2.45, 2.75) is 26.3 Å². The van der Waals surface area contributed by atoms with Gasteiger partial charge in [0, 0.05) is 32.2 Å². The van der Waals surface area contributed by atoms with E-state index in [0.717, 1.165) is 24.2 Å². The molecular formula is C21H31N3O3. The van der Waals surface area contributed by atoms with Gasteiger partial charge < -0.3 is 19.8 Å². The number of nitrogens with zero attached hydrogens (tertiary/aromatic N) is 3. The highest BCUT2D eigenvalue weighted by atomic mass is 16.3. The second-order valence-corrected chi connectivity index (χ2v) is 7.83. The zero-order valence-corrected chi connectivity index (χ0v) is 17.2. The van der Waals surface area contributed by atoms with Gasteiger partial charge in [0.1, 0.15) is 0 Å². The van der Waals surface area contributed by atoms with Crippen LogP contribution in [-0.4, -0.2) is 67.9 Å². The molecule has 1 heterocycles. The third-order valence-corrected chi connectivity index (χ3v) is 4.82. The van der Waals surface area contributed by atoms with Crippen LogP contribution in [0.1, 0.15) is 31.9 Å². The number of ketones is 1. The van der Waals surface area contributed by atoms with Crippen LogP contribution < -0.4 is 4.90 Å².